The van der Waals surface area contributed by atoms with Crippen LogP contribution in [0.1, 0.15) is 24.9 Å². The van der Waals surface area contributed by atoms with Gasteiger partial charge in [0.15, 0.2) is 0 Å². The fourth-order valence-corrected chi connectivity index (χ4v) is 3.89. The molecule has 0 fully saturated rings. The fourth-order valence-electron chi connectivity index (χ4n) is 3.89. The van der Waals surface area contributed by atoms with E-state index in [0.717, 1.165) is 16.5 Å². The van der Waals surface area contributed by atoms with E-state index >= 15 is 0 Å². The Bertz CT molecular complexity index is 1180. The quantitative estimate of drug-likeness (QED) is 0.312. The predicted molar refractivity (Wildman–Crippen MR) is 109 cm³/mol. The van der Waals surface area contributed by atoms with Gasteiger partial charge in [0.2, 0.25) is 0 Å². The van der Waals surface area contributed by atoms with Gasteiger partial charge in [-0.3, -0.25) is 0 Å². The molecule has 0 amide bonds. The summed E-state index contributed by atoms with van der Waals surface area (Å²) in [6.07, 6.45) is -2.29. The minimum Gasteiger partial charge on any atom is -0.405 e. The zero-order valence-corrected chi connectivity index (χ0v) is 16.2. The highest BCUT2D eigenvalue weighted by Crippen LogP contribution is 2.40. The van der Waals surface area contributed by atoms with Crippen LogP contribution in [0.4, 0.5) is 17.6 Å². The largest absolute Gasteiger partial charge is 0.573 e. The molecule has 4 aromatic rings. The van der Waals surface area contributed by atoms with Gasteiger partial charge in [0.25, 0.3) is 0 Å². The second-order valence-electron chi connectivity index (χ2n) is 6.99. The van der Waals surface area contributed by atoms with Gasteiger partial charge in [0.1, 0.15) is 11.6 Å². The Balaban J connectivity index is 1.91. The van der Waals surface area contributed by atoms with Crippen LogP contribution in [0.5, 0.6) is 5.75 Å². The number of rotatable bonds is 5. The fraction of sp³-hybridized carbons (Fsp3) is 0.167. The first kappa shape index (κ1) is 20.0. The molecule has 0 aliphatic carbocycles. The Hall–Kier alpha value is -3.28. The number of halogens is 4. The predicted octanol–water partition coefficient (Wildman–Crippen LogP) is 7.35. The topological polar surface area (TPSA) is 14.2 Å². The van der Waals surface area contributed by atoms with Crippen molar-refractivity contribution in [2.24, 2.45) is 0 Å². The number of fused-ring (bicyclic) bond motifs is 1. The van der Waals surface area contributed by atoms with E-state index in [1.54, 1.807) is 18.2 Å². The number of aromatic nitrogens is 1. The minimum absolute atomic E-state index is 0.171. The van der Waals surface area contributed by atoms with Crippen molar-refractivity contribution < 1.29 is 22.3 Å². The number of nitrogens with zero attached hydrogens (tertiary/aromatic N) is 1. The average molecular weight is 413 g/mol. The highest BCUT2D eigenvalue weighted by atomic mass is 19.4. The van der Waals surface area contributed by atoms with Crippen molar-refractivity contribution in [3.63, 3.8) is 0 Å². The summed E-state index contributed by atoms with van der Waals surface area (Å²) >= 11 is 0. The number of para-hydroxylation sites is 2. The SMILES string of the molecule is CC[C@@H](c1cccc(F)c1)n1cc(-c2ccccc2OC(F)(F)F)c2ccccc21. The van der Waals surface area contributed by atoms with Crippen LogP contribution in [0.3, 0.4) is 0 Å². The number of ether oxygens (including phenoxy) is 1. The van der Waals surface area contributed by atoms with Crippen LogP contribution >= 0.6 is 0 Å². The number of benzene rings is 3. The molecular formula is C24H19F4NO. The summed E-state index contributed by atoms with van der Waals surface area (Å²) in [6, 6.07) is 19.8. The van der Waals surface area contributed by atoms with Crippen molar-refractivity contribution in [2.45, 2.75) is 25.7 Å². The van der Waals surface area contributed by atoms with Gasteiger partial charge < -0.3 is 9.30 Å². The van der Waals surface area contributed by atoms with Crippen molar-refractivity contribution in [2.75, 3.05) is 0 Å². The summed E-state index contributed by atoms with van der Waals surface area (Å²) < 4.78 is 58.9. The molecule has 3 aromatic carbocycles. The number of hydrogen-bond acceptors (Lipinski definition) is 1. The lowest BCUT2D eigenvalue weighted by atomic mass is 10.0. The first-order valence-electron chi connectivity index (χ1n) is 9.57. The Morgan fingerprint density at radius 2 is 1.63 bits per heavy atom. The second kappa shape index (κ2) is 7.86. The lowest BCUT2D eigenvalue weighted by Gasteiger charge is -2.19. The molecule has 0 aliphatic heterocycles. The van der Waals surface area contributed by atoms with Gasteiger partial charge in [-0.05, 0) is 36.2 Å². The maximum Gasteiger partial charge on any atom is 0.573 e. The third kappa shape index (κ3) is 3.90. The van der Waals surface area contributed by atoms with Crippen molar-refractivity contribution in [1.29, 1.82) is 0 Å². The van der Waals surface area contributed by atoms with Gasteiger partial charge in [0, 0.05) is 28.2 Å². The van der Waals surface area contributed by atoms with Crippen LogP contribution in [-0.2, 0) is 0 Å². The molecule has 0 radical (unpaired) electrons. The smallest absolute Gasteiger partial charge is 0.405 e. The molecule has 2 nitrogen and oxygen atoms in total. The van der Waals surface area contributed by atoms with Crippen molar-refractivity contribution >= 4 is 10.9 Å². The van der Waals surface area contributed by atoms with Gasteiger partial charge in [-0.25, -0.2) is 4.39 Å². The van der Waals surface area contributed by atoms with Crippen LogP contribution in [0.25, 0.3) is 22.0 Å². The van der Waals surface area contributed by atoms with Gasteiger partial charge in [0.05, 0.1) is 6.04 Å². The highest BCUT2D eigenvalue weighted by molar-refractivity contribution is 5.97. The highest BCUT2D eigenvalue weighted by Gasteiger charge is 2.32. The average Bonchev–Trinajstić information content (AvgIpc) is 3.07. The molecule has 1 aromatic heterocycles. The molecule has 1 heterocycles. The Morgan fingerprint density at radius 3 is 2.37 bits per heavy atom. The van der Waals surface area contributed by atoms with E-state index in [0.29, 0.717) is 17.5 Å². The van der Waals surface area contributed by atoms with E-state index in [-0.39, 0.29) is 17.6 Å². The van der Waals surface area contributed by atoms with Gasteiger partial charge >= 0.3 is 6.36 Å². The van der Waals surface area contributed by atoms with Gasteiger partial charge in [-0.2, -0.15) is 0 Å². The Morgan fingerprint density at radius 1 is 0.900 bits per heavy atom. The maximum atomic E-state index is 13.8. The van der Waals surface area contributed by atoms with Crippen molar-refractivity contribution in [3.8, 4) is 16.9 Å². The van der Waals surface area contributed by atoms with E-state index < -0.39 is 6.36 Å². The summed E-state index contributed by atoms with van der Waals surface area (Å²) in [6.45, 7) is 1.99. The van der Waals surface area contributed by atoms with E-state index in [1.165, 1.54) is 24.3 Å². The zero-order chi connectivity index (χ0) is 21.3. The van der Waals surface area contributed by atoms with Crippen LogP contribution in [0, 0.1) is 5.82 Å². The zero-order valence-electron chi connectivity index (χ0n) is 16.2. The Labute approximate surface area is 171 Å². The molecule has 0 spiro atoms. The third-order valence-corrected chi connectivity index (χ3v) is 5.10. The monoisotopic (exact) mass is 413 g/mol. The molecule has 154 valence electrons. The molecule has 0 saturated heterocycles. The van der Waals surface area contributed by atoms with E-state index in [9.17, 15) is 17.6 Å². The lowest BCUT2D eigenvalue weighted by Crippen LogP contribution is -2.17. The molecule has 6 heteroatoms. The van der Waals surface area contributed by atoms with Gasteiger partial charge in [-0.15, -0.1) is 13.2 Å². The van der Waals surface area contributed by atoms with Crippen molar-refractivity contribution in [1.82, 2.24) is 4.57 Å². The molecule has 0 unspecified atom stereocenters. The minimum atomic E-state index is -4.79. The van der Waals surface area contributed by atoms with E-state index in [2.05, 4.69) is 4.74 Å². The molecule has 0 saturated carbocycles. The molecule has 1 atom stereocenters. The molecule has 4 rings (SSSR count). The summed E-state index contributed by atoms with van der Waals surface area (Å²) in [5, 5.41) is 0.797. The second-order valence-corrected chi connectivity index (χ2v) is 6.99. The van der Waals surface area contributed by atoms with Crippen molar-refractivity contribution in [3.05, 3.63) is 90.4 Å². The maximum absolute atomic E-state index is 13.8. The molecular weight excluding hydrogens is 394 g/mol. The molecule has 0 N–H and O–H groups in total. The van der Waals surface area contributed by atoms with Crippen LogP contribution in [-0.4, -0.2) is 10.9 Å². The number of alkyl halides is 3. The van der Waals surface area contributed by atoms with Crippen LogP contribution in [0.15, 0.2) is 79.0 Å². The molecule has 30 heavy (non-hydrogen) atoms. The normalized spacial score (nSPS) is 12.8. The molecule has 0 aliphatic rings. The van der Waals surface area contributed by atoms with Crippen LogP contribution in [0.2, 0.25) is 0 Å². The first-order chi connectivity index (χ1) is 14.4. The van der Waals surface area contributed by atoms with Gasteiger partial charge in [-0.1, -0.05) is 55.5 Å². The summed E-state index contributed by atoms with van der Waals surface area (Å²) in [5.41, 5.74) is 2.62. The summed E-state index contributed by atoms with van der Waals surface area (Å²) in [5.74, 6) is -0.585. The molecule has 0 bridgehead atoms. The lowest BCUT2D eigenvalue weighted by molar-refractivity contribution is -0.274. The van der Waals surface area contributed by atoms with E-state index in [1.807, 2.05) is 48.0 Å². The van der Waals surface area contributed by atoms with Crippen LogP contribution < -0.4 is 4.74 Å². The Kier molecular flexibility index (Phi) is 5.24. The summed E-state index contributed by atoms with van der Waals surface area (Å²) in [4.78, 5) is 0. The number of hydrogen-bond donors (Lipinski definition) is 0. The standard InChI is InChI=1S/C24H19F4NO/c1-2-21(16-8-7-9-17(25)14-16)29-15-20(18-10-3-5-12-22(18)29)19-11-4-6-13-23(19)30-24(26,27)28/h3-15,21H,2H2,1H3/t21-/m0/s1. The summed E-state index contributed by atoms with van der Waals surface area (Å²) in [7, 11) is 0. The van der Waals surface area contributed by atoms with E-state index in [4.69, 9.17) is 0 Å². The third-order valence-electron chi connectivity index (χ3n) is 5.10. The first-order valence-corrected chi connectivity index (χ1v) is 9.57.